The molecule has 12 heavy (non-hydrogen) atoms. The standard InChI is InChI=1S/C4H4ClN3O4/c5-1-2-3(11-4(6)9)7-12-8(2)10/h1H2,(H2,6,9). The lowest BCUT2D eigenvalue weighted by Crippen LogP contribution is -2.28. The quantitative estimate of drug-likeness (QED) is 0.504. The third-order valence-electron chi connectivity index (χ3n) is 0.989. The maximum Gasteiger partial charge on any atom is 0.412 e. The van der Waals surface area contributed by atoms with E-state index in [0.717, 1.165) is 0 Å². The van der Waals surface area contributed by atoms with Gasteiger partial charge in [-0.1, -0.05) is 0 Å². The molecule has 0 bridgehead atoms. The first-order valence-electron chi connectivity index (χ1n) is 2.77. The maximum absolute atomic E-state index is 10.6. The third-order valence-corrected chi connectivity index (χ3v) is 1.24. The Morgan fingerprint density at radius 1 is 1.92 bits per heavy atom. The number of aromatic nitrogens is 2. The van der Waals surface area contributed by atoms with Crippen LogP contribution in [0.2, 0.25) is 0 Å². The van der Waals surface area contributed by atoms with Gasteiger partial charge in [0.05, 0.1) is 11.0 Å². The van der Waals surface area contributed by atoms with Gasteiger partial charge in [0.15, 0.2) is 0 Å². The fraction of sp³-hybridized carbons (Fsp3) is 0.250. The van der Waals surface area contributed by atoms with Gasteiger partial charge in [-0.05, 0) is 4.90 Å². The van der Waals surface area contributed by atoms with Gasteiger partial charge in [-0.15, -0.1) is 11.6 Å². The number of halogens is 1. The third kappa shape index (κ3) is 1.56. The largest absolute Gasteiger partial charge is 0.412 e. The highest BCUT2D eigenvalue weighted by atomic mass is 35.5. The number of nitrogens with two attached hydrogens (primary N) is 1. The Morgan fingerprint density at radius 2 is 2.58 bits per heavy atom. The molecule has 0 spiro atoms. The van der Waals surface area contributed by atoms with Gasteiger partial charge in [-0.2, -0.15) is 0 Å². The van der Waals surface area contributed by atoms with Crippen molar-refractivity contribution in [2.75, 3.05) is 0 Å². The highest BCUT2D eigenvalue weighted by Gasteiger charge is 2.21. The van der Waals surface area contributed by atoms with Crippen LogP contribution >= 0.6 is 11.6 Å². The van der Waals surface area contributed by atoms with Gasteiger partial charge in [0, 0.05) is 0 Å². The lowest BCUT2D eigenvalue weighted by atomic mass is 10.5. The van der Waals surface area contributed by atoms with Gasteiger partial charge in [0.1, 0.15) is 0 Å². The van der Waals surface area contributed by atoms with Crippen molar-refractivity contribution in [1.29, 1.82) is 0 Å². The fourth-order valence-corrected chi connectivity index (χ4v) is 0.745. The highest BCUT2D eigenvalue weighted by molar-refractivity contribution is 6.16. The Hall–Kier alpha value is -1.50. The van der Waals surface area contributed by atoms with Crippen molar-refractivity contribution in [2.24, 2.45) is 5.73 Å². The fourth-order valence-electron chi connectivity index (χ4n) is 0.533. The van der Waals surface area contributed by atoms with E-state index in [-0.39, 0.29) is 22.4 Å². The predicted molar refractivity (Wildman–Crippen MR) is 35.2 cm³/mol. The SMILES string of the molecule is NC(=O)Oc1no[n+]([O-])c1CCl. The average molecular weight is 194 g/mol. The molecule has 0 aromatic carbocycles. The Balaban J connectivity index is 2.91. The number of carbonyl (C=O) groups is 1. The number of hydrogen-bond acceptors (Lipinski definition) is 5. The molecule has 0 aliphatic heterocycles. The topological polar surface area (TPSA) is 105 Å². The number of alkyl halides is 1. The molecular weight excluding hydrogens is 190 g/mol. The molecule has 7 nitrogen and oxygen atoms in total. The molecule has 66 valence electrons. The molecule has 1 aromatic heterocycles. The van der Waals surface area contributed by atoms with Crippen molar-refractivity contribution < 1.29 is 19.1 Å². The summed E-state index contributed by atoms with van der Waals surface area (Å²) in [5.41, 5.74) is 4.56. The smallest absolute Gasteiger partial charge is 0.366 e. The first-order valence-corrected chi connectivity index (χ1v) is 3.30. The van der Waals surface area contributed by atoms with Crippen molar-refractivity contribution in [3.63, 3.8) is 0 Å². The van der Waals surface area contributed by atoms with Crippen LogP contribution in [0, 0.1) is 5.21 Å². The van der Waals surface area contributed by atoms with Crippen LogP contribution in [0.5, 0.6) is 5.88 Å². The summed E-state index contributed by atoms with van der Waals surface area (Å²) < 4.78 is 8.37. The average Bonchev–Trinajstić information content (AvgIpc) is 2.30. The number of amides is 1. The normalized spacial score (nSPS) is 9.75. The van der Waals surface area contributed by atoms with E-state index >= 15 is 0 Å². The van der Waals surface area contributed by atoms with Crippen molar-refractivity contribution in [3.8, 4) is 5.88 Å². The first kappa shape index (κ1) is 8.60. The van der Waals surface area contributed by atoms with Crippen LogP contribution in [0.4, 0.5) is 4.79 Å². The van der Waals surface area contributed by atoms with Crippen LogP contribution in [0.1, 0.15) is 5.69 Å². The zero-order valence-corrected chi connectivity index (χ0v) is 6.45. The number of hydrogen-bond donors (Lipinski definition) is 1. The van der Waals surface area contributed by atoms with Crippen LogP contribution in [0.15, 0.2) is 4.63 Å². The molecule has 1 amide bonds. The van der Waals surface area contributed by atoms with Crippen LogP contribution in [-0.4, -0.2) is 11.2 Å². The Morgan fingerprint density at radius 3 is 3.08 bits per heavy atom. The molecule has 0 saturated heterocycles. The van der Waals surface area contributed by atoms with Gasteiger partial charge in [-0.3, -0.25) is 4.63 Å². The highest BCUT2D eigenvalue weighted by Crippen LogP contribution is 2.12. The number of rotatable bonds is 2. The minimum Gasteiger partial charge on any atom is -0.366 e. The van der Waals surface area contributed by atoms with Gasteiger partial charge in [-0.25, -0.2) is 4.79 Å². The molecule has 8 heteroatoms. The number of nitrogens with zero attached hydrogens (tertiary/aromatic N) is 2. The Kier molecular flexibility index (Phi) is 2.34. The second-order valence-corrected chi connectivity index (χ2v) is 2.00. The lowest BCUT2D eigenvalue weighted by molar-refractivity contribution is -0.807. The minimum atomic E-state index is -1.09. The molecule has 1 heterocycles. The zero-order chi connectivity index (χ0) is 9.14. The predicted octanol–water partition coefficient (Wildman–Crippen LogP) is -0.496. The first-order chi connectivity index (χ1) is 5.65. The number of carbonyl (C=O) groups excluding carboxylic acids is 1. The van der Waals surface area contributed by atoms with Crippen LogP contribution in [-0.2, 0) is 5.88 Å². The molecule has 0 fully saturated rings. The van der Waals surface area contributed by atoms with Crippen LogP contribution in [0.25, 0.3) is 0 Å². The molecule has 1 aromatic rings. The number of ether oxygens (including phenoxy) is 1. The van der Waals surface area contributed by atoms with Crippen LogP contribution < -0.4 is 15.4 Å². The molecule has 0 saturated carbocycles. The van der Waals surface area contributed by atoms with Crippen LogP contribution in [0.3, 0.4) is 0 Å². The molecule has 0 radical (unpaired) electrons. The summed E-state index contributed by atoms with van der Waals surface area (Å²) in [6, 6.07) is 0. The van der Waals surface area contributed by atoms with E-state index in [2.05, 4.69) is 20.3 Å². The molecular formula is C4H4ClN3O4. The van der Waals surface area contributed by atoms with Gasteiger partial charge >= 0.3 is 12.0 Å². The summed E-state index contributed by atoms with van der Waals surface area (Å²) >= 11 is 5.31. The van der Waals surface area contributed by atoms with E-state index < -0.39 is 6.09 Å². The maximum atomic E-state index is 10.6. The molecule has 0 aliphatic carbocycles. The summed E-state index contributed by atoms with van der Waals surface area (Å²) in [6.45, 7) is 0. The summed E-state index contributed by atoms with van der Waals surface area (Å²) in [7, 11) is 0. The summed E-state index contributed by atoms with van der Waals surface area (Å²) in [4.78, 5) is 10.2. The van der Waals surface area contributed by atoms with Crippen molar-refractivity contribution >= 4 is 17.7 Å². The zero-order valence-electron chi connectivity index (χ0n) is 5.69. The van der Waals surface area contributed by atoms with Crippen molar-refractivity contribution in [1.82, 2.24) is 5.16 Å². The van der Waals surface area contributed by atoms with Crippen molar-refractivity contribution in [3.05, 3.63) is 10.9 Å². The summed E-state index contributed by atoms with van der Waals surface area (Å²) in [6.07, 6.45) is -1.09. The summed E-state index contributed by atoms with van der Waals surface area (Å²) in [5, 5.41) is 13.7. The van der Waals surface area contributed by atoms with E-state index in [1.807, 2.05) is 0 Å². The molecule has 0 atom stereocenters. The molecule has 1 rings (SSSR count). The second-order valence-electron chi connectivity index (χ2n) is 1.74. The summed E-state index contributed by atoms with van der Waals surface area (Å²) in [5.74, 6) is -0.497. The van der Waals surface area contributed by atoms with Crippen molar-refractivity contribution in [2.45, 2.75) is 5.88 Å². The molecule has 0 aliphatic rings. The monoisotopic (exact) mass is 193 g/mol. The van der Waals surface area contributed by atoms with E-state index in [9.17, 15) is 10.0 Å². The van der Waals surface area contributed by atoms with Gasteiger partial charge < -0.3 is 15.7 Å². The lowest BCUT2D eigenvalue weighted by Gasteiger charge is -1.91. The Labute approximate surface area is 71.2 Å². The van der Waals surface area contributed by atoms with Gasteiger partial charge in [0.2, 0.25) is 0 Å². The van der Waals surface area contributed by atoms with E-state index in [4.69, 9.17) is 11.6 Å². The molecule has 2 N–H and O–H groups in total. The second kappa shape index (κ2) is 3.26. The minimum absolute atomic E-state index is 0.0330. The Bertz CT molecular complexity index is 298. The molecule has 0 unspecified atom stereocenters. The number of primary amides is 1. The van der Waals surface area contributed by atoms with E-state index in [1.165, 1.54) is 0 Å². The van der Waals surface area contributed by atoms with E-state index in [1.54, 1.807) is 0 Å². The van der Waals surface area contributed by atoms with Gasteiger partial charge in [0.25, 0.3) is 5.69 Å². The van der Waals surface area contributed by atoms with E-state index in [0.29, 0.717) is 0 Å².